The molecule has 1 aliphatic rings. The van der Waals surface area contributed by atoms with E-state index in [2.05, 4.69) is 5.32 Å². The first-order valence-electron chi connectivity index (χ1n) is 6.31. The van der Waals surface area contributed by atoms with Gasteiger partial charge in [-0.1, -0.05) is 30.3 Å². The number of carboxylic acid groups (broad SMARTS) is 1. The summed E-state index contributed by atoms with van der Waals surface area (Å²) >= 11 is 0. The molecule has 0 aromatic heterocycles. The van der Waals surface area contributed by atoms with Gasteiger partial charge < -0.3 is 16.2 Å². The first-order chi connectivity index (χ1) is 8.95. The van der Waals surface area contributed by atoms with Crippen LogP contribution in [-0.4, -0.2) is 22.5 Å². The van der Waals surface area contributed by atoms with Gasteiger partial charge in [0.2, 0.25) is 5.91 Å². The fourth-order valence-corrected chi connectivity index (χ4v) is 2.14. The lowest BCUT2D eigenvalue weighted by molar-refractivity contribution is -0.148. The largest absolute Gasteiger partial charge is 0.480 e. The number of carbonyl (C=O) groups excluding carboxylic acids is 1. The van der Waals surface area contributed by atoms with Crippen LogP contribution in [0.3, 0.4) is 0 Å². The van der Waals surface area contributed by atoms with Crippen LogP contribution in [-0.2, 0) is 9.59 Å². The van der Waals surface area contributed by atoms with Gasteiger partial charge in [0.05, 0.1) is 0 Å². The molecule has 1 amide bonds. The van der Waals surface area contributed by atoms with Crippen molar-refractivity contribution in [3.8, 4) is 0 Å². The molecule has 2 unspecified atom stereocenters. The summed E-state index contributed by atoms with van der Waals surface area (Å²) in [5.74, 6) is -1.47. The first kappa shape index (κ1) is 13.5. The van der Waals surface area contributed by atoms with Crippen molar-refractivity contribution in [2.45, 2.75) is 31.3 Å². The highest BCUT2D eigenvalue weighted by Gasteiger charge is 2.49. The number of aliphatic carboxylic acids is 1. The maximum absolute atomic E-state index is 12.1. The third kappa shape index (κ3) is 2.76. The van der Waals surface area contributed by atoms with Crippen molar-refractivity contribution in [3.05, 3.63) is 35.9 Å². The molecule has 0 radical (unpaired) electrons. The maximum atomic E-state index is 12.1. The third-order valence-corrected chi connectivity index (χ3v) is 3.66. The zero-order valence-corrected chi connectivity index (χ0v) is 10.8. The Morgan fingerprint density at radius 2 is 1.95 bits per heavy atom. The van der Waals surface area contributed by atoms with Crippen molar-refractivity contribution in [2.75, 3.05) is 0 Å². The minimum atomic E-state index is -1.22. The lowest BCUT2D eigenvalue weighted by atomic mass is 9.95. The topological polar surface area (TPSA) is 92.4 Å². The van der Waals surface area contributed by atoms with E-state index in [-0.39, 0.29) is 5.92 Å². The lowest BCUT2D eigenvalue weighted by Crippen LogP contribution is -2.56. The number of nitrogens with two attached hydrogens (primary N) is 1. The van der Waals surface area contributed by atoms with Crippen molar-refractivity contribution < 1.29 is 14.7 Å². The molecule has 0 heterocycles. The first-order valence-corrected chi connectivity index (χ1v) is 6.31. The number of hydrogen-bond donors (Lipinski definition) is 3. The van der Waals surface area contributed by atoms with Crippen molar-refractivity contribution in [1.82, 2.24) is 5.32 Å². The Labute approximate surface area is 111 Å². The van der Waals surface area contributed by atoms with Crippen LogP contribution in [0.15, 0.2) is 30.3 Å². The minimum Gasteiger partial charge on any atom is -0.480 e. The van der Waals surface area contributed by atoms with E-state index in [4.69, 9.17) is 5.73 Å². The van der Waals surface area contributed by atoms with Crippen LogP contribution in [0.5, 0.6) is 0 Å². The normalized spacial score (nSPS) is 19.3. The second-order valence-electron chi connectivity index (χ2n) is 5.16. The van der Waals surface area contributed by atoms with Crippen molar-refractivity contribution in [2.24, 2.45) is 11.7 Å². The van der Waals surface area contributed by atoms with Gasteiger partial charge in [0.25, 0.3) is 0 Å². The van der Waals surface area contributed by atoms with Gasteiger partial charge in [0.1, 0.15) is 11.6 Å². The van der Waals surface area contributed by atoms with Crippen LogP contribution in [0.2, 0.25) is 0 Å². The Morgan fingerprint density at radius 3 is 2.42 bits per heavy atom. The number of amides is 1. The molecule has 102 valence electrons. The van der Waals surface area contributed by atoms with Crippen LogP contribution in [0.1, 0.15) is 31.4 Å². The number of rotatable bonds is 5. The molecule has 0 aliphatic heterocycles. The van der Waals surface area contributed by atoms with Gasteiger partial charge >= 0.3 is 5.97 Å². The van der Waals surface area contributed by atoms with Gasteiger partial charge in [-0.2, -0.15) is 0 Å². The van der Waals surface area contributed by atoms with Crippen molar-refractivity contribution in [3.63, 3.8) is 0 Å². The molecule has 2 atom stereocenters. The third-order valence-electron chi connectivity index (χ3n) is 3.66. The highest BCUT2D eigenvalue weighted by Crippen LogP contribution is 2.39. The predicted molar refractivity (Wildman–Crippen MR) is 70.3 cm³/mol. The molecule has 0 spiro atoms. The summed E-state index contributed by atoms with van der Waals surface area (Å²) < 4.78 is 0. The number of carbonyl (C=O) groups is 2. The van der Waals surface area contributed by atoms with E-state index in [0.717, 1.165) is 12.8 Å². The van der Waals surface area contributed by atoms with Gasteiger partial charge in [-0.15, -0.1) is 0 Å². The molecular formula is C14H18N2O3. The Kier molecular flexibility index (Phi) is 3.57. The van der Waals surface area contributed by atoms with E-state index < -0.39 is 23.5 Å². The quantitative estimate of drug-likeness (QED) is 0.739. The maximum Gasteiger partial charge on any atom is 0.329 e. The van der Waals surface area contributed by atoms with E-state index in [1.54, 1.807) is 31.2 Å². The Morgan fingerprint density at radius 1 is 1.37 bits per heavy atom. The molecule has 5 nitrogen and oxygen atoms in total. The van der Waals surface area contributed by atoms with Crippen molar-refractivity contribution >= 4 is 11.9 Å². The molecule has 0 saturated heterocycles. The predicted octanol–water partition coefficient (Wildman–Crippen LogP) is 1.06. The highest BCUT2D eigenvalue weighted by molar-refractivity contribution is 5.90. The summed E-state index contributed by atoms with van der Waals surface area (Å²) in [5.41, 5.74) is 5.31. The highest BCUT2D eigenvalue weighted by atomic mass is 16.4. The van der Waals surface area contributed by atoms with E-state index in [0.29, 0.717) is 5.56 Å². The summed E-state index contributed by atoms with van der Waals surface area (Å²) in [6.45, 7) is 1.54. The van der Waals surface area contributed by atoms with Gasteiger partial charge in [-0.25, -0.2) is 4.79 Å². The molecular weight excluding hydrogens is 244 g/mol. The lowest BCUT2D eigenvalue weighted by Gasteiger charge is -2.27. The van der Waals surface area contributed by atoms with E-state index in [1.807, 2.05) is 6.07 Å². The molecule has 5 heteroatoms. The molecule has 1 aliphatic carbocycles. The summed E-state index contributed by atoms with van der Waals surface area (Å²) in [6.07, 6.45) is 1.65. The van der Waals surface area contributed by atoms with E-state index >= 15 is 0 Å². The zero-order chi connectivity index (χ0) is 14.0. The number of nitrogens with one attached hydrogen (secondary N) is 1. The van der Waals surface area contributed by atoms with Gasteiger partial charge in [-0.3, -0.25) is 4.79 Å². The average molecular weight is 262 g/mol. The number of benzene rings is 1. The van der Waals surface area contributed by atoms with Crippen LogP contribution in [0.4, 0.5) is 0 Å². The summed E-state index contributed by atoms with van der Waals surface area (Å²) in [7, 11) is 0. The molecule has 1 aromatic rings. The smallest absolute Gasteiger partial charge is 0.329 e. The SMILES string of the molecule is CC(NC(=O)C(N)c1ccccc1)(C(=O)O)C1CC1. The van der Waals surface area contributed by atoms with Crippen LogP contribution in [0.25, 0.3) is 0 Å². The van der Waals surface area contributed by atoms with Gasteiger partial charge in [0, 0.05) is 0 Å². The van der Waals surface area contributed by atoms with Crippen LogP contribution >= 0.6 is 0 Å². The monoisotopic (exact) mass is 262 g/mol. The standard InChI is InChI=1S/C14H18N2O3/c1-14(13(18)19,10-7-8-10)16-12(17)11(15)9-5-3-2-4-6-9/h2-6,10-11H,7-8,15H2,1H3,(H,16,17)(H,18,19). The minimum absolute atomic E-state index is 0.00285. The summed E-state index contributed by atoms with van der Waals surface area (Å²) in [6, 6.07) is 8.07. The zero-order valence-electron chi connectivity index (χ0n) is 10.8. The number of hydrogen-bond acceptors (Lipinski definition) is 3. The van der Waals surface area contributed by atoms with Crippen LogP contribution < -0.4 is 11.1 Å². The van der Waals surface area contributed by atoms with Gasteiger partial charge in [0.15, 0.2) is 0 Å². The molecule has 1 fully saturated rings. The Hall–Kier alpha value is -1.88. The van der Waals surface area contributed by atoms with Gasteiger partial charge in [-0.05, 0) is 31.2 Å². The molecule has 2 rings (SSSR count). The molecule has 19 heavy (non-hydrogen) atoms. The molecule has 1 saturated carbocycles. The van der Waals surface area contributed by atoms with Crippen molar-refractivity contribution in [1.29, 1.82) is 0 Å². The number of carboxylic acids is 1. The fourth-order valence-electron chi connectivity index (χ4n) is 2.14. The second kappa shape index (κ2) is 5.01. The second-order valence-corrected chi connectivity index (χ2v) is 5.16. The Balaban J connectivity index is 2.10. The van der Waals surface area contributed by atoms with Crippen LogP contribution in [0, 0.1) is 5.92 Å². The summed E-state index contributed by atoms with van der Waals surface area (Å²) in [4.78, 5) is 23.4. The van der Waals surface area contributed by atoms with E-state index in [9.17, 15) is 14.7 Å². The Bertz CT molecular complexity index is 485. The summed E-state index contributed by atoms with van der Waals surface area (Å²) in [5, 5.41) is 11.9. The average Bonchev–Trinajstić information content (AvgIpc) is 3.23. The molecule has 1 aromatic carbocycles. The molecule has 0 bridgehead atoms. The molecule has 4 N–H and O–H groups in total. The van der Waals surface area contributed by atoms with E-state index in [1.165, 1.54) is 0 Å². The fraction of sp³-hybridized carbons (Fsp3) is 0.429.